The van der Waals surface area contributed by atoms with Crippen LogP contribution in [0.2, 0.25) is 0 Å². The number of hydrogen-bond acceptors (Lipinski definition) is 2. The van der Waals surface area contributed by atoms with Crippen LogP contribution in [0.25, 0.3) is 0 Å². The van der Waals surface area contributed by atoms with Crippen molar-refractivity contribution in [1.29, 1.82) is 0 Å². The number of benzene rings is 1. The second kappa shape index (κ2) is 6.83. The Morgan fingerprint density at radius 1 is 1.35 bits per heavy atom. The van der Waals surface area contributed by atoms with Crippen molar-refractivity contribution in [2.45, 2.75) is 13.5 Å². The second-order valence-electron chi connectivity index (χ2n) is 4.18. The van der Waals surface area contributed by atoms with E-state index in [2.05, 4.69) is 31.9 Å². The first-order valence-electron chi connectivity index (χ1n) is 5.99. The van der Waals surface area contributed by atoms with Crippen LogP contribution in [0, 0.1) is 5.82 Å². The number of carbonyl (C=O) groups excluding carboxylic acids is 1. The summed E-state index contributed by atoms with van der Waals surface area (Å²) in [6, 6.07) is 8.12. The summed E-state index contributed by atoms with van der Waals surface area (Å²) in [6.07, 6.45) is 0. The van der Waals surface area contributed by atoms with E-state index in [0.29, 0.717) is 18.0 Å². The van der Waals surface area contributed by atoms with Crippen molar-refractivity contribution in [1.82, 2.24) is 4.90 Å². The smallest absolute Gasteiger partial charge is 0.264 e. The highest BCUT2D eigenvalue weighted by Crippen LogP contribution is 2.33. The number of halogens is 3. The molecule has 0 saturated heterocycles. The molecule has 0 radical (unpaired) electrons. The van der Waals surface area contributed by atoms with E-state index in [1.165, 1.54) is 23.5 Å². The summed E-state index contributed by atoms with van der Waals surface area (Å²) in [7, 11) is 0. The zero-order valence-electron chi connectivity index (χ0n) is 10.7. The normalized spacial score (nSPS) is 10.6. The van der Waals surface area contributed by atoms with Gasteiger partial charge in [-0.2, -0.15) is 0 Å². The van der Waals surface area contributed by atoms with Gasteiger partial charge < -0.3 is 4.90 Å². The van der Waals surface area contributed by atoms with Crippen LogP contribution in [0.15, 0.2) is 38.6 Å². The number of thiophene rings is 1. The molecule has 1 aromatic carbocycles. The number of carbonyl (C=O) groups is 1. The number of nitrogens with zero attached hydrogens (tertiary/aromatic N) is 1. The van der Waals surface area contributed by atoms with Crippen LogP contribution in [0.4, 0.5) is 4.39 Å². The molecule has 1 amide bonds. The summed E-state index contributed by atoms with van der Waals surface area (Å²) in [4.78, 5) is 14.8. The fraction of sp³-hybridized carbons (Fsp3) is 0.214. The molecule has 2 nitrogen and oxygen atoms in total. The van der Waals surface area contributed by atoms with Gasteiger partial charge in [0.2, 0.25) is 0 Å². The quantitative estimate of drug-likeness (QED) is 0.675. The monoisotopic (exact) mass is 419 g/mol. The molecule has 2 aromatic rings. The Kier molecular flexibility index (Phi) is 5.35. The van der Waals surface area contributed by atoms with E-state index in [1.807, 2.05) is 13.0 Å². The summed E-state index contributed by atoms with van der Waals surface area (Å²) in [5, 5.41) is 0. The molecule has 0 fully saturated rings. The molecule has 0 aliphatic carbocycles. The predicted molar refractivity (Wildman–Crippen MR) is 86.5 cm³/mol. The Labute approximate surface area is 137 Å². The Morgan fingerprint density at radius 2 is 2.10 bits per heavy atom. The van der Waals surface area contributed by atoms with Gasteiger partial charge in [-0.3, -0.25) is 4.79 Å². The largest absolute Gasteiger partial charge is 0.334 e. The molecule has 1 aromatic heterocycles. The Balaban J connectivity index is 2.17. The maximum Gasteiger partial charge on any atom is 0.264 e. The first-order chi connectivity index (χ1) is 9.51. The highest BCUT2D eigenvalue weighted by molar-refractivity contribution is 9.13. The maximum atomic E-state index is 13.2. The van der Waals surface area contributed by atoms with Gasteiger partial charge in [0.15, 0.2) is 0 Å². The summed E-state index contributed by atoms with van der Waals surface area (Å²) in [6.45, 7) is 2.89. The van der Waals surface area contributed by atoms with Crippen LogP contribution < -0.4 is 0 Å². The molecule has 0 saturated carbocycles. The molecule has 0 atom stereocenters. The van der Waals surface area contributed by atoms with Crippen LogP contribution in [0.1, 0.15) is 22.2 Å². The van der Waals surface area contributed by atoms with E-state index in [4.69, 9.17) is 0 Å². The van der Waals surface area contributed by atoms with Gasteiger partial charge in [0.25, 0.3) is 5.91 Å². The van der Waals surface area contributed by atoms with Crippen LogP contribution in [-0.2, 0) is 6.54 Å². The standard InChI is InChI=1S/C14H12Br2FNOS/c1-2-18(8-9-4-3-5-10(17)6-9)14(19)12-7-11(15)13(16)20-12/h3-7H,2,8H2,1H3. The van der Waals surface area contributed by atoms with Gasteiger partial charge in [0, 0.05) is 17.6 Å². The van der Waals surface area contributed by atoms with Gasteiger partial charge in [-0.25, -0.2) is 4.39 Å². The fourth-order valence-corrected chi connectivity index (χ4v) is 3.79. The van der Waals surface area contributed by atoms with E-state index in [0.717, 1.165) is 13.8 Å². The minimum atomic E-state index is -0.285. The van der Waals surface area contributed by atoms with Gasteiger partial charge in [0.05, 0.1) is 8.66 Å². The first-order valence-corrected chi connectivity index (χ1v) is 8.40. The van der Waals surface area contributed by atoms with Gasteiger partial charge in [-0.15, -0.1) is 11.3 Å². The fourth-order valence-electron chi connectivity index (χ4n) is 1.79. The predicted octanol–water partition coefficient (Wildman–Crippen LogP) is 5.07. The molecule has 0 N–H and O–H groups in total. The van der Waals surface area contributed by atoms with E-state index in [1.54, 1.807) is 17.0 Å². The summed E-state index contributed by atoms with van der Waals surface area (Å²) < 4.78 is 14.9. The van der Waals surface area contributed by atoms with Gasteiger partial charge in [-0.05, 0) is 62.5 Å². The lowest BCUT2D eigenvalue weighted by Gasteiger charge is -2.20. The second-order valence-corrected chi connectivity index (χ2v) is 7.41. The van der Waals surface area contributed by atoms with E-state index < -0.39 is 0 Å². The van der Waals surface area contributed by atoms with Crippen LogP contribution in [0.5, 0.6) is 0 Å². The van der Waals surface area contributed by atoms with Crippen LogP contribution in [-0.4, -0.2) is 17.4 Å². The SMILES string of the molecule is CCN(Cc1cccc(F)c1)C(=O)c1cc(Br)c(Br)s1. The summed E-state index contributed by atoms with van der Waals surface area (Å²) >= 11 is 8.14. The van der Waals surface area contributed by atoms with Crippen molar-refractivity contribution in [2.24, 2.45) is 0 Å². The highest BCUT2D eigenvalue weighted by Gasteiger charge is 2.18. The Hall–Kier alpha value is -0.720. The van der Waals surface area contributed by atoms with Crippen LogP contribution in [0.3, 0.4) is 0 Å². The Bertz CT molecular complexity index is 610. The highest BCUT2D eigenvalue weighted by atomic mass is 79.9. The van der Waals surface area contributed by atoms with Crippen LogP contribution >= 0.6 is 43.2 Å². The first kappa shape index (κ1) is 15.7. The number of hydrogen-bond donors (Lipinski definition) is 0. The molecular weight excluding hydrogens is 409 g/mol. The lowest BCUT2D eigenvalue weighted by Crippen LogP contribution is -2.29. The molecule has 106 valence electrons. The van der Waals surface area contributed by atoms with Crippen molar-refractivity contribution in [3.8, 4) is 0 Å². The van der Waals surface area contributed by atoms with Crippen molar-refractivity contribution in [3.63, 3.8) is 0 Å². The summed E-state index contributed by atoms with van der Waals surface area (Å²) in [5.74, 6) is -0.333. The minimum absolute atomic E-state index is 0.0480. The zero-order valence-corrected chi connectivity index (χ0v) is 14.7. The Morgan fingerprint density at radius 3 is 2.65 bits per heavy atom. The molecular formula is C14H12Br2FNOS. The van der Waals surface area contributed by atoms with E-state index >= 15 is 0 Å². The molecule has 0 bridgehead atoms. The molecule has 0 unspecified atom stereocenters. The van der Waals surface area contributed by atoms with Gasteiger partial charge in [0.1, 0.15) is 5.82 Å². The topological polar surface area (TPSA) is 20.3 Å². The molecule has 2 rings (SSSR count). The van der Waals surface area contributed by atoms with Crippen molar-refractivity contribution < 1.29 is 9.18 Å². The third-order valence-corrected chi connectivity index (χ3v) is 6.03. The molecule has 0 aliphatic rings. The molecule has 0 aliphatic heterocycles. The van der Waals surface area contributed by atoms with E-state index in [-0.39, 0.29) is 11.7 Å². The molecule has 6 heteroatoms. The van der Waals surface area contributed by atoms with E-state index in [9.17, 15) is 9.18 Å². The number of amides is 1. The zero-order chi connectivity index (χ0) is 14.7. The summed E-state index contributed by atoms with van der Waals surface area (Å²) in [5.41, 5.74) is 0.787. The third-order valence-electron chi connectivity index (χ3n) is 2.79. The lowest BCUT2D eigenvalue weighted by molar-refractivity contribution is 0.0757. The molecule has 1 heterocycles. The number of rotatable bonds is 4. The average molecular weight is 421 g/mol. The third kappa shape index (κ3) is 3.68. The van der Waals surface area contributed by atoms with Crippen molar-refractivity contribution in [3.05, 3.63) is 54.8 Å². The minimum Gasteiger partial charge on any atom is -0.334 e. The van der Waals surface area contributed by atoms with Gasteiger partial charge >= 0.3 is 0 Å². The average Bonchev–Trinajstić information content (AvgIpc) is 2.75. The van der Waals surface area contributed by atoms with Crippen molar-refractivity contribution in [2.75, 3.05) is 6.54 Å². The molecule has 20 heavy (non-hydrogen) atoms. The van der Waals surface area contributed by atoms with Gasteiger partial charge in [-0.1, -0.05) is 12.1 Å². The molecule has 0 spiro atoms. The van der Waals surface area contributed by atoms with Crippen molar-refractivity contribution >= 4 is 49.1 Å². The lowest BCUT2D eigenvalue weighted by atomic mass is 10.2. The maximum absolute atomic E-state index is 13.2.